The van der Waals surface area contributed by atoms with Gasteiger partial charge in [0, 0.05) is 5.56 Å². The van der Waals surface area contributed by atoms with E-state index in [9.17, 15) is 0 Å². The van der Waals surface area contributed by atoms with Crippen molar-refractivity contribution in [2.75, 3.05) is 7.11 Å². The molecule has 4 heteroatoms. The number of rotatable bonds is 5. The second-order valence-corrected chi connectivity index (χ2v) is 4.95. The smallest absolute Gasteiger partial charge is 0.161 e. The molecule has 0 atom stereocenters. The van der Waals surface area contributed by atoms with Crippen LogP contribution in [0.3, 0.4) is 0 Å². The van der Waals surface area contributed by atoms with Gasteiger partial charge >= 0.3 is 0 Å². The van der Waals surface area contributed by atoms with Gasteiger partial charge in [0.1, 0.15) is 11.6 Å². The van der Waals surface area contributed by atoms with E-state index < -0.39 is 0 Å². The molecule has 0 amide bonds. The molecule has 2 aromatic carbocycles. The molecule has 0 saturated carbocycles. The largest absolute Gasteiger partial charge is 0.493 e. The van der Waals surface area contributed by atoms with Crippen LogP contribution in [0, 0.1) is 6.92 Å². The highest BCUT2D eigenvalue weighted by atomic mass is 32.1. The van der Waals surface area contributed by atoms with Crippen LogP contribution in [0.15, 0.2) is 42.5 Å². The van der Waals surface area contributed by atoms with E-state index in [0.29, 0.717) is 23.1 Å². The average molecular weight is 287 g/mol. The minimum Gasteiger partial charge on any atom is -0.493 e. The summed E-state index contributed by atoms with van der Waals surface area (Å²) in [6, 6.07) is 13.6. The Balaban J connectivity index is 2.15. The van der Waals surface area contributed by atoms with Gasteiger partial charge in [-0.05, 0) is 30.7 Å². The van der Waals surface area contributed by atoms with Crippen LogP contribution in [0.5, 0.6) is 11.5 Å². The Morgan fingerprint density at radius 1 is 1.15 bits per heavy atom. The molecule has 0 aromatic heterocycles. The Hall–Kier alpha value is -2.07. The summed E-state index contributed by atoms with van der Waals surface area (Å²) in [5.74, 6) is 1.30. The van der Waals surface area contributed by atoms with E-state index in [1.807, 2.05) is 24.3 Å². The zero-order chi connectivity index (χ0) is 14.5. The van der Waals surface area contributed by atoms with Crippen LogP contribution in [0.25, 0.3) is 0 Å². The van der Waals surface area contributed by atoms with Crippen molar-refractivity contribution in [2.45, 2.75) is 13.5 Å². The molecule has 0 saturated heterocycles. The van der Waals surface area contributed by atoms with Crippen LogP contribution < -0.4 is 15.2 Å². The van der Waals surface area contributed by atoms with Gasteiger partial charge in [-0.3, -0.25) is 0 Å². The highest BCUT2D eigenvalue weighted by molar-refractivity contribution is 7.80. The Bertz CT molecular complexity index is 626. The van der Waals surface area contributed by atoms with Crippen LogP contribution in [0.4, 0.5) is 0 Å². The summed E-state index contributed by atoms with van der Waals surface area (Å²) in [6.45, 7) is 2.55. The van der Waals surface area contributed by atoms with E-state index in [1.54, 1.807) is 13.2 Å². The number of ether oxygens (including phenoxy) is 2. The summed E-state index contributed by atoms with van der Waals surface area (Å²) >= 11 is 4.95. The van der Waals surface area contributed by atoms with Crippen LogP contribution in [-0.2, 0) is 6.61 Å². The molecule has 20 heavy (non-hydrogen) atoms. The van der Waals surface area contributed by atoms with Crippen molar-refractivity contribution in [1.82, 2.24) is 0 Å². The molecule has 0 bridgehead atoms. The zero-order valence-corrected chi connectivity index (χ0v) is 12.4. The molecule has 0 heterocycles. The van der Waals surface area contributed by atoms with Gasteiger partial charge in [-0.1, -0.05) is 42.0 Å². The lowest BCUT2D eigenvalue weighted by Crippen LogP contribution is -2.09. The van der Waals surface area contributed by atoms with Crippen LogP contribution >= 0.6 is 12.2 Å². The Morgan fingerprint density at radius 3 is 2.60 bits per heavy atom. The van der Waals surface area contributed by atoms with E-state index in [0.717, 1.165) is 11.1 Å². The summed E-state index contributed by atoms with van der Waals surface area (Å²) in [4.78, 5) is 0.341. The summed E-state index contributed by atoms with van der Waals surface area (Å²) in [5.41, 5.74) is 8.69. The minimum atomic E-state index is 0.341. The van der Waals surface area contributed by atoms with Gasteiger partial charge in [-0.15, -0.1) is 0 Å². The highest BCUT2D eigenvalue weighted by Gasteiger charge is 2.07. The Labute approximate surface area is 124 Å². The second-order valence-electron chi connectivity index (χ2n) is 4.51. The fourth-order valence-corrected chi connectivity index (χ4v) is 2.03. The third kappa shape index (κ3) is 3.48. The second kappa shape index (κ2) is 6.39. The quantitative estimate of drug-likeness (QED) is 0.858. The van der Waals surface area contributed by atoms with Gasteiger partial charge in [-0.25, -0.2) is 0 Å². The summed E-state index contributed by atoms with van der Waals surface area (Å²) in [7, 11) is 1.60. The van der Waals surface area contributed by atoms with Gasteiger partial charge in [0.15, 0.2) is 11.5 Å². The molecule has 2 N–H and O–H groups in total. The molecule has 0 fully saturated rings. The lowest BCUT2D eigenvalue weighted by Gasteiger charge is -2.12. The standard InChI is InChI=1S/C16H17NO2S/c1-11-4-3-5-12(8-11)10-19-14-7-6-13(16(17)20)9-15(14)18-2/h3-9H,10H2,1-2H3,(H2,17,20). The van der Waals surface area contributed by atoms with Gasteiger partial charge in [0.25, 0.3) is 0 Å². The Kier molecular flexibility index (Phi) is 4.58. The number of hydrogen-bond donors (Lipinski definition) is 1. The van der Waals surface area contributed by atoms with E-state index in [-0.39, 0.29) is 0 Å². The predicted molar refractivity (Wildman–Crippen MR) is 84.4 cm³/mol. The molecule has 0 radical (unpaired) electrons. The molecule has 104 valence electrons. The highest BCUT2D eigenvalue weighted by Crippen LogP contribution is 2.28. The number of hydrogen-bond acceptors (Lipinski definition) is 3. The summed E-state index contributed by atoms with van der Waals surface area (Å²) in [6.07, 6.45) is 0. The first-order valence-electron chi connectivity index (χ1n) is 6.26. The number of methoxy groups -OCH3 is 1. The first kappa shape index (κ1) is 14.3. The summed E-state index contributed by atoms with van der Waals surface area (Å²) < 4.78 is 11.1. The monoisotopic (exact) mass is 287 g/mol. The van der Waals surface area contributed by atoms with Crippen molar-refractivity contribution >= 4 is 17.2 Å². The van der Waals surface area contributed by atoms with Crippen molar-refractivity contribution in [2.24, 2.45) is 5.73 Å². The van der Waals surface area contributed by atoms with Crippen molar-refractivity contribution in [3.63, 3.8) is 0 Å². The van der Waals surface area contributed by atoms with E-state index in [4.69, 9.17) is 27.4 Å². The fourth-order valence-electron chi connectivity index (χ4n) is 1.90. The first-order chi connectivity index (χ1) is 9.60. The number of benzene rings is 2. The van der Waals surface area contributed by atoms with Crippen molar-refractivity contribution in [3.8, 4) is 11.5 Å². The molecule has 0 aliphatic heterocycles. The third-order valence-corrected chi connectivity index (χ3v) is 3.16. The van der Waals surface area contributed by atoms with E-state index in [1.165, 1.54) is 5.56 Å². The number of thiocarbonyl (C=S) groups is 1. The number of aryl methyl sites for hydroxylation is 1. The van der Waals surface area contributed by atoms with E-state index in [2.05, 4.69) is 19.1 Å². The number of nitrogens with two attached hydrogens (primary N) is 1. The molecule has 0 unspecified atom stereocenters. The maximum Gasteiger partial charge on any atom is 0.161 e. The minimum absolute atomic E-state index is 0.341. The maximum absolute atomic E-state index is 5.79. The van der Waals surface area contributed by atoms with Gasteiger partial charge < -0.3 is 15.2 Å². The third-order valence-electron chi connectivity index (χ3n) is 2.92. The van der Waals surface area contributed by atoms with Crippen molar-refractivity contribution in [3.05, 3.63) is 59.2 Å². The lowest BCUT2D eigenvalue weighted by atomic mass is 10.1. The molecule has 0 aliphatic rings. The predicted octanol–water partition coefficient (Wildman–Crippen LogP) is 3.22. The lowest BCUT2D eigenvalue weighted by molar-refractivity contribution is 0.284. The molecular weight excluding hydrogens is 270 g/mol. The van der Waals surface area contributed by atoms with Crippen molar-refractivity contribution in [1.29, 1.82) is 0 Å². The molecule has 0 aliphatic carbocycles. The van der Waals surface area contributed by atoms with Gasteiger partial charge in [0.05, 0.1) is 7.11 Å². The Morgan fingerprint density at radius 2 is 1.95 bits per heavy atom. The normalized spacial score (nSPS) is 10.1. The molecule has 2 aromatic rings. The van der Waals surface area contributed by atoms with Crippen LogP contribution in [0.1, 0.15) is 16.7 Å². The molecule has 3 nitrogen and oxygen atoms in total. The average Bonchev–Trinajstić information content (AvgIpc) is 2.45. The molecular formula is C16H17NO2S. The van der Waals surface area contributed by atoms with Gasteiger partial charge in [-0.2, -0.15) is 0 Å². The molecule has 0 spiro atoms. The summed E-state index contributed by atoms with van der Waals surface area (Å²) in [5, 5.41) is 0. The van der Waals surface area contributed by atoms with E-state index >= 15 is 0 Å². The van der Waals surface area contributed by atoms with Crippen LogP contribution in [-0.4, -0.2) is 12.1 Å². The SMILES string of the molecule is COc1cc(C(N)=S)ccc1OCc1cccc(C)c1. The zero-order valence-electron chi connectivity index (χ0n) is 11.6. The first-order valence-corrected chi connectivity index (χ1v) is 6.67. The van der Waals surface area contributed by atoms with Crippen LogP contribution in [0.2, 0.25) is 0 Å². The fraction of sp³-hybridized carbons (Fsp3) is 0.188. The van der Waals surface area contributed by atoms with Gasteiger partial charge in [0.2, 0.25) is 0 Å². The molecule has 2 rings (SSSR count). The topological polar surface area (TPSA) is 44.5 Å². The van der Waals surface area contributed by atoms with Crippen molar-refractivity contribution < 1.29 is 9.47 Å². The maximum atomic E-state index is 5.79.